The van der Waals surface area contributed by atoms with Crippen LogP contribution in [0.5, 0.6) is 0 Å². The van der Waals surface area contributed by atoms with Gasteiger partial charge in [-0.3, -0.25) is 9.69 Å². The zero-order valence-corrected chi connectivity index (χ0v) is 14.9. The second-order valence-electron chi connectivity index (χ2n) is 7.24. The SMILES string of the molecule is CC(C)(C)OC(=O)CN(C(=O)OCc1ccccc1)C1(C(F)(F)F)CC1. The monoisotopic (exact) mass is 373 g/mol. The quantitative estimate of drug-likeness (QED) is 0.731. The number of nitrogens with zero attached hydrogens (tertiary/aromatic N) is 1. The highest BCUT2D eigenvalue weighted by Gasteiger charge is 2.69. The smallest absolute Gasteiger partial charge is 0.411 e. The Kier molecular flexibility index (Phi) is 5.53. The van der Waals surface area contributed by atoms with Gasteiger partial charge in [0.2, 0.25) is 0 Å². The number of halogens is 3. The standard InChI is InChI=1S/C18H22F3NO4/c1-16(2,3)26-14(23)11-22(17(9-10-17)18(19,20)21)15(24)25-12-13-7-5-4-6-8-13/h4-8H,9-12H2,1-3H3. The summed E-state index contributed by atoms with van der Waals surface area (Å²) in [5.74, 6) is -0.912. The van der Waals surface area contributed by atoms with E-state index in [-0.39, 0.29) is 19.4 Å². The van der Waals surface area contributed by atoms with Gasteiger partial charge in [0, 0.05) is 0 Å². The number of ether oxygens (including phenoxy) is 2. The number of benzene rings is 1. The van der Waals surface area contributed by atoms with Gasteiger partial charge in [0.25, 0.3) is 0 Å². The summed E-state index contributed by atoms with van der Waals surface area (Å²) in [6, 6.07) is 8.58. The average Bonchev–Trinajstić information content (AvgIpc) is 3.31. The van der Waals surface area contributed by atoms with Crippen molar-refractivity contribution in [1.29, 1.82) is 0 Å². The Bertz CT molecular complexity index is 649. The number of amides is 1. The molecule has 0 heterocycles. The van der Waals surface area contributed by atoms with Gasteiger partial charge in [-0.2, -0.15) is 13.2 Å². The lowest BCUT2D eigenvalue weighted by Gasteiger charge is -2.32. The molecule has 0 bridgehead atoms. The Hall–Kier alpha value is -2.25. The highest BCUT2D eigenvalue weighted by molar-refractivity contribution is 5.79. The lowest BCUT2D eigenvalue weighted by atomic mass is 10.2. The van der Waals surface area contributed by atoms with Crippen molar-refractivity contribution in [1.82, 2.24) is 4.90 Å². The van der Waals surface area contributed by atoms with Crippen LogP contribution in [0, 0.1) is 0 Å². The van der Waals surface area contributed by atoms with Crippen LogP contribution in [-0.4, -0.2) is 40.8 Å². The van der Waals surface area contributed by atoms with Crippen molar-refractivity contribution in [3.63, 3.8) is 0 Å². The van der Waals surface area contributed by atoms with Gasteiger partial charge >= 0.3 is 18.2 Å². The van der Waals surface area contributed by atoms with E-state index in [2.05, 4.69) is 0 Å². The summed E-state index contributed by atoms with van der Waals surface area (Å²) in [6.45, 7) is 3.79. The van der Waals surface area contributed by atoms with Crippen molar-refractivity contribution in [2.45, 2.75) is 57.5 Å². The second kappa shape index (κ2) is 7.17. The first kappa shape index (κ1) is 20.1. The molecule has 2 rings (SSSR count). The number of rotatable bonds is 5. The van der Waals surface area contributed by atoms with Crippen LogP contribution in [0.2, 0.25) is 0 Å². The van der Waals surface area contributed by atoms with Crippen molar-refractivity contribution in [3.8, 4) is 0 Å². The fourth-order valence-corrected chi connectivity index (χ4v) is 2.52. The van der Waals surface area contributed by atoms with Crippen molar-refractivity contribution in [3.05, 3.63) is 35.9 Å². The summed E-state index contributed by atoms with van der Waals surface area (Å²) in [6.07, 6.45) is -6.37. The largest absolute Gasteiger partial charge is 0.459 e. The van der Waals surface area contributed by atoms with E-state index in [0.29, 0.717) is 10.5 Å². The molecule has 0 radical (unpaired) electrons. The molecule has 26 heavy (non-hydrogen) atoms. The van der Waals surface area contributed by atoms with Crippen molar-refractivity contribution < 1.29 is 32.2 Å². The van der Waals surface area contributed by atoms with Gasteiger partial charge in [0.1, 0.15) is 24.3 Å². The van der Waals surface area contributed by atoms with E-state index in [1.54, 1.807) is 51.1 Å². The first-order valence-electron chi connectivity index (χ1n) is 8.21. The highest BCUT2D eigenvalue weighted by atomic mass is 19.4. The van der Waals surface area contributed by atoms with Crippen molar-refractivity contribution in [2.75, 3.05) is 6.54 Å². The van der Waals surface area contributed by atoms with Gasteiger partial charge in [-0.15, -0.1) is 0 Å². The number of carbonyl (C=O) groups is 2. The molecule has 1 fully saturated rings. The zero-order valence-electron chi connectivity index (χ0n) is 14.9. The van der Waals surface area contributed by atoms with Gasteiger partial charge < -0.3 is 9.47 Å². The van der Waals surface area contributed by atoms with Crippen molar-refractivity contribution >= 4 is 12.1 Å². The Morgan fingerprint density at radius 1 is 1.12 bits per heavy atom. The van der Waals surface area contributed by atoms with E-state index in [1.165, 1.54) is 0 Å². The minimum absolute atomic E-state index is 0.182. The van der Waals surface area contributed by atoms with Crippen LogP contribution in [0.4, 0.5) is 18.0 Å². The lowest BCUT2D eigenvalue weighted by Crippen LogP contribution is -2.53. The molecule has 1 aromatic rings. The number of alkyl halides is 3. The Morgan fingerprint density at radius 3 is 2.15 bits per heavy atom. The Balaban J connectivity index is 2.13. The first-order chi connectivity index (χ1) is 11.9. The summed E-state index contributed by atoms with van der Waals surface area (Å²) in [7, 11) is 0. The van der Waals surface area contributed by atoms with Gasteiger partial charge in [0.05, 0.1) is 0 Å². The summed E-state index contributed by atoms with van der Waals surface area (Å²) in [5, 5.41) is 0. The van der Waals surface area contributed by atoms with E-state index < -0.39 is 35.9 Å². The third-order valence-electron chi connectivity index (χ3n) is 3.90. The third kappa shape index (κ3) is 4.89. The van der Waals surface area contributed by atoms with Crippen LogP contribution < -0.4 is 0 Å². The highest BCUT2D eigenvalue weighted by Crippen LogP contribution is 2.53. The summed E-state index contributed by atoms with van der Waals surface area (Å²) in [5.41, 5.74) is -2.60. The number of esters is 1. The molecule has 0 aromatic heterocycles. The molecule has 0 saturated heterocycles. The minimum Gasteiger partial charge on any atom is -0.459 e. The molecular formula is C18H22F3NO4. The maximum absolute atomic E-state index is 13.5. The molecule has 0 N–H and O–H groups in total. The minimum atomic E-state index is -4.65. The maximum Gasteiger partial charge on any atom is 0.411 e. The molecular weight excluding hydrogens is 351 g/mol. The summed E-state index contributed by atoms with van der Waals surface area (Å²) in [4.78, 5) is 24.8. The Labute approximate surface area is 150 Å². The molecule has 0 spiro atoms. The lowest BCUT2D eigenvalue weighted by molar-refractivity contribution is -0.195. The van der Waals surface area contributed by atoms with Gasteiger partial charge in [0.15, 0.2) is 0 Å². The maximum atomic E-state index is 13.5. The van der Waals surface area contributed by atoms with Gasteiger partial charge in [-0.25, -0.2) is 4.79 Å². The predicted molar refractivity (Wildman–Crippen MR) is 87.2 cm³/mol. The fourth-order valence-electron chi connectivity index (χ4n) is 2.52. The number of carbonyl (C=O) groups excluding carboxylic acids is 2. The molecule has 5 nitrogen and oxygen atoms in total. The first-order valence-corrected chi connectivity index (χ1v) is 8.21. The second-order valence-corrected chi connectivity index (χ2v) is 7.24. The molecule has 1 aliphatic carbocycles. The number of hydrogen-bond acceptors (Lipinski definition) is 4. The van der Waals surface area contributed by atoms with Crippen molar-refractivity contribution in [2.24, 2.45) is 0 Å². The fraction of sp³-hybridized carbons (Fsp3) is 0.556. The molecule has 1 aliphatic rings. The number of hydrogen-bond donors (Lipinski definition) is 0. The average molecular weight is 373 g/mol. The topological polar surface area (TPSA) is 55.8 Å². The van der Waals surface area contributed by atoms with Crippen LogP contribution in [0.3, 0.4) is 0 Å². The summed E-state index contributed by atoms with van der Waals surface area (Å²) >= 11 is 0. The summed E-state index contributed by atoms with van der Waals surface area (Å²) < 4.78 is 50.5. The normalized spacial score (nSPS) is 15.9. The molecule has 144 valence electrons. The molecule has 0 unspecified atom stereocenters. The van der Waals surface area contributed by atoms with E-state index in [1.807, 2.05) is 0 Å². The third-order valence-corrected chi connectivity index (χ3v) is 3.90. The van der Waals surface area contributed by atoms with E-state index >= 15 is 0 Å². The van der Waals surface area contributed by atoms with Gasteiger partial charge in [-0.1, -0.05) is 30.3 Å². The van der Waals surface area contributed by atoms with E-state index in [4.69, 9.17) is 9.47 Å². The molecule has 1 saturated carbocycles. The van der Waals surface area contributed by atoms with Crippen LogP contribution in [0.1, 0.15) is 39.2 Å². The van der Waals surface area contributed by atoms with Crippen LogP contribution in [-0.2, 0) is 20.9 Å². The predicted octanol–water partition coefficient (Wildman–Crippen LogP) is 4.06. The molecule has 8 heteroatoms. The molecule has 0 atom stereocenters. The molecule has 1 aromatic carbocycles. The van der Waals surface area contributed by atoms with E-state index in [9.17, 15) is 22.8 Å². The van der Waals surface area contributed by atoms with Crippen LogP contribution in [0.15, 0.2) is 30.3 Å². The van der Waals surface area contributed by atoms with Crippen LogP contribution >= 0.6 is 0 Å². The molecule has 1 amide bonds. The Morgan fingerprint density at radius 2 is 1.69 bits per heavy atom. The molecule has 0 aliphatic heterocycles. The zero-order chi connectivity index (χ0) is 19.6. The van der Waals surface area contributed by atoms with E-state index in [0.717, 1.165) is 0 Å². The van der Waals surface area contributed by atoms with Crippen LogP contribution in [0.25, 0.3) is 0 Å². The van der Waals surface area contributed by atoms with Gasteiger partial charge in [-0.05, 0) is 39.2 Å².